The van der Waals surface area contributed by atoms with E-state index in [4.69, 9.17) is 4.74 Å². The third-order valence-corrected chi connectivity index (χ3v) is 4.90. The Labute approximate surface area is 148 Å². The lowest BCUT2D eigenvalue weighted by atomic mass is 10.2. The average Bonchev–Trinajstić information content (AvgIpc) is 3.34. The van der Waals surface area contributed by atoms with Gasteiger partial charge in [-0.15, -0.1) is 0 Å². The summed E-state index contributed by atoms with van der Waals surface area (Å²) in [5, 5.41) is 0. The molecule has 130 valence electrons. The number of carbonyl (C=O) groups excluding carboxylic acids is 1. The van der Waals surface area contributed by atoms with Gasteiger partial charge in [0, 0.05) is 32.3 Å². The summed E-state index contributed by atoms with van der Waals surface area (Å²) in [4.78, 5) is 21.6. The van der Waals surface area contributed by atoms with Gasteiger partial charge in [-0.25, -0.2) is 4.98 Å². The Kier molecular flexibility index (Phi) is 4.55. The van der Waals surface area contributed by atoms with E-state index >= 15 is 0 Å². The Bertz CT molecular complexity index is 729. The van der Waals surface area contributed by atoms with Crippen LogP contribution >= 0.6 is 0 Å². The SMILES string of the molecule is O=C(c1cccnc1N1CCCC1)N1CC[C@H](Oc2ccccc2)C1. The summed E-state index contributed by atoms with van der Waals surface area (Å²) in [5.41, 5.74) is 0.713. The minimum Gasteiger partial charge on any atom is -0.489 e. The minimum atomic E-state index is 0.0539. The summed E-state index contributed by atoms with van der Waals surface area (Å²) >= 11 is 0. The van der Waals surface area contributed by atoms with Gasteiger partial charge in [0.15, 0.2) is 0 Å². The monoisotopic (exact) mass is 337 g/mol. The molecule has 2 aliphatic heterocycles. The van der Waals surface area contributed by atoms with E-state index in [-0.39, 0.29) is 12.0 Å². The maximum atomic E-state index is 13.0. The first kappa shape index (κ1) is 15.9. The molecule has 2 saturated heterocycles. The number of ether oxygens (including phenoxy) is 1. The van der Waals surface area contributed by atoms with Crippen molar-refractivity contribution in [1.29, 1.82) is 0 Å². The number of hydrogen-bond acceptors (Lipinski definition) is 4. The van der Waals surface area contributed by atoms with Crippen molar-refractivity contribution in [2.24, 2.45) is 0 Å². The average molecular weight is 337 g/mol. The molecule has 0 radical (unpaired) electrons. The summed E-state index contributed by atoms with van der Waals surface area (Å²) in [5.74, 6) is 1.76. The highest BCUT2D eigenvalue weighted by molar-refractivity contribution is 5.99. The summed E-state index contributed by atoms with van der Waals surface area (Å²) in [7, 11) is 0. The van der Waals surface area contributed by atoms with Crippen LogP contribution in [0, 0.1) is 0 Å². The first-order valence-electron chi connectivity index (χ1n) is 9.02. The zero-order valence-electron chi connectivity index (χ0n) is 14.3. The van der Waals surface area contributed by atoms with Crippen LogP contribution in [0.25, 0.3) is 0 Å². The minimum absolute atomic E-state index is 0.0539. The molecule has 1 aromatic carbocycles. The van der Waals surface area contributed by atoms with E-state index in [2.05, 4.69) is 9.88 Å². The molecule has 1 atom stereocenters. The molecule has 5 nitrogen and oxygen atoms in total. The lowest BCUT2D eigenvalue weighted by Crippen LogP contribution is -2.33. The fraction of sp³-hybridized carbons (Fsp3) is 0.400. The van der Waals surface area contributed by atoms with Crippen LogP contribution < -0.4 is 9.64 Å². The quantitative estimate of drug-likeness (QED) is 0.860. The van der Waals surface area contributed by atoms with Crippen molar-refractivity contribution in [1.82, 2.24) is 9.88 Å². The standard InChI is InChI=1S/C20H23N3O2/c24-20(18-9-6-11-21-19(18)22-12-4-5-13-22)23-14-10-17(15-23)25-16-7-2-1-3-8-16/h1-3,6-9,11,17H,4-5,10,12-15H2/t17-/m0/s1. The van der Waals surface area contributed by atoms with E-state index in [1.54, 1.807) is 6.20 Å². The normalized spacial score (nSPS) is 20.1. The van der Waals surface area contributed by atoms with Crippen LogP contribution in [-0.2, 0) is 0 Å². The number of carbonyl (C=O) groups is 1. The fourth-order valence-electron chi connectivity index (χ4n) is 3.62. The van der Waals surface area contributed by atoms with Crippen molar-refractivity contribution in [3.05, 3.63) is 54.2 Å². The topological polar surface area (TPSA) is 45.7 Å². The summed E-state index contributed by atoms with van der Waals surface area (Å²) in [6.45, 7) is 3.32. The second-order valence-corrected chi connectivity index (χ2v) is 6.66. The number of likely N-dealkylation sites (tertiary alicyclic amines) is 1. The molecule has 1 amide bonds. The third-order valence-electron chi connectivity index (χ3n) is 4.90. The predicted octanol–water partition coefficient (Wildman–Crippen LogP) is 2.98. The Hall–Kier alpha value is -2.56. The molecule has 0 aliphatic carbocycles. The highest BCUT2D eigenvalue weighted by atomic mass is 16.5. The van der Waals surface area contributed by atoms with Crippen LogP contribution in [0.1, 0.15) is 29.6 Å². The van der Waals surface area contributed by atoms with Crippen LogP contribution in [0.15, 0.2) is 48.7 Å². The van der Waals surface area contributed by atoms with Gasteiger partial charge < -0.3 is 14.5 Å². The Balaban J connectivity index is 1.45. The van der Waals surface area contributed by atoms with E-state index in [0.29, 0.717) is 12.1 Å². The van der Waals surface area contributed by atoms with Crippen LogP contribution in [0.4, 0.5) is 5.82 Å². The zero-order valence-corrected chi connectivity index (χ0v) is 14.3. The fourth-order valence-corrected chi connectivity index (χ4v) is 3.62. The van der Waals surface area contributed by atoms with E-state index in [1.165, 1.54) is 12.8 Å². The molecule has 0 unspecified atom stereocenters. The third kappa shape index (κ3) is 3.45. The van der Waals surface area contributed by atoms with Crippen molar-refractivity contribution in [2.45, 2.75) is 25.4 Å². The van der Waals surface area contributed by atoms with Crippen LogP contribution in [0.3, 0.4) is 0 Å². The smallest absolute Gasteiger partial charge is 0.257 e. The van der Waals surface area contributed by atoms with Gasteiger partial charge in [0.25, 0.3) is 5.91 Å². The maximum absolute atomic E-state index is 13.0. The molecular weight excluding hydrogens is 314 g/mol. The second kappa shape index (κ2) is 7.13. The highest BCUT2D eigenvalue weighted by Gasteiger charge is 2.30. The molecule has 1 aromatic heterocycles. The van der Waals surface area contributed by atoms with Gasteiger partial charge in [-0.3, -0.25) is 4.79 Å². The Morgan fingerprint density at radius 2 is 1.84 bits per heavy atom. The number of nitrogens with zero attached hydrogens (tertiary/aromatic N) is 3. The molecule has 4 rings (SSSR count). The van der Waals surface area contributed by atoms with Gasteiger partial charge in [0.2, 0.25) is 0 Å². The molecular formula is C20H23N3O2. The van der Waals surface area contributed by atoms with Gasteiger partial charge in [0.1, 0.15) is 17.7 Å². The number of hydrogen-bond donors (Lipinski definition) is 0. The summed E-state index contributed by atoms with van der Waals surface area (Å²) in [6, 6.07) is 13.6. The molecule has 0 saturated carbocycles. The van der Waals surface area contributed by atoms with E-state index in [9.17, 15) is 4.79 Å². The first-order valence-corrected chi connectivity index (χ1v) is 9.02. The van der Waals surface area contributed by atoms with E-state index in [0.717, 1.165) is 37.6 Å². The molecule has 2 aliphatic rings. The molecule has 0 spiro atoms. The van der Waals surface area contributed by atoms with Gasteiger partial charge in [0.05, 0.1) is 12.1 Å². The molecule has 2 fully saturated rings. The van der Waals surface area contributed by atoms with Crippen molar-refractivity contribution in [3.8, 4) is 5.75 Å². The maximum Gasteiger partial charge on any atom is 0.257 e. The number of para-hydroxylation sites is 1. The molecule has 2 aromatic rings. The molecule has 3 heterocycles. The van der Waals surface area contributed by atoms with E-state index < -0.39 is 0 Å². The van der Waals surface area contributed by atoms with Crippen molar-refractivity contribution >= 4 is 11.7 Å². The number of aromatic nitrogens is 1. The molecule has 25 heavy (non-hydrogen) atoms. The van der Waals surface area contributed by atoms with Crippen LogP contribution in [-0.4, -0.2) is 48.1 Å². The Morgan fingerprint density at radius 1 is 1.04 bits per heavy atom. The van der Waals surface area contributed by atoms with Crippen molar-refractivity contribution in [3.63, 3.8) is 0 Å². The van der Waals surface area contributed by atoms with Crippen LogP contribution in [0.5, 0.6) is 5.75 Å². The lowest BCUT2D eigenvalue weighted by molar-refractivity contribution is 0.0772. The number of benzene rings is 1. The van der Waals surface area contributed by atoms with Crippen molar-refractivity contribution < 1.29 is 9.53 Å². The summed E-state index contributed by atoms with van der Waals surface area (Å²) in [6.07, 6.45) is 5.02. The van der Waals surface area contributed by atoms with Gasteiger partial charge in [-0.2, -0.15) is 0 Å². The first-order chi connectivity index (χ1) is 12.3. The van der Waals surface area contributed by atoms with Gasteiger partial charge >= 0.3 is 0 Å². The highest BCUT2D eigenvalue weighted by Crippen LogP contribution is 2.25. The Morgan fingerprint density at radius 3 is 2.64 bits per heavy atom. The number of pyridine rings is 1. The molecule has 0 N–H and O–H groups in total. The van der Waals surface area contributed by atoms with Gasteiger partial charge in [-0.1, -0.05) is 18.2 Å². The number of rotatable bonds is 4. The zero-order chi connectivity index (χ0) is 17.1. The van der Waals surface area contributed by atoms with Gasteiger partial charge in [-0.05, 0) is 37.1 Å². The molecule has 5 heteroatoms. The largest absolute Gasteiger partial charge is 0.489 e. The number of amides is 1. The van der Waals surface area contributed by atoms with Crippen molar-refractivity contribution in [2.75, 3.05) is 31.1 Å². The lowest BCUT2D eigenvalue weighted by Gasteiger charge is -2.22. The van der Waals surface area contributed by atoms with Crippen LogP contribution in [0.2, 0.25) is 0 Å². The predicted molar refractivity (Wildman–Crippen MR) is 97.1 cm³/mol. The second-order valence-electron chi connectivity index (χ2n) is 6.66. The number of anilines is 1. The molecule has 0 bridgehead atoms. The summed E-state index contributed by atoms with van der Waals surface area (Å²) < 4.78 is 6.00. The van der Waals surface area contributed by atoms with E-state index in [1.807, 2.05) is 47.4 Å².